The number of thiophene rings is 1. The molecule has 0 saturated heterocycles. The van der Waals surface area contributed by atoms with Gasteiger partial charge in [0.05, 0.1) is 20.8 Å². The number of aromatic nitrogens is 1. The standard InChI is InChI=1S/C23H17N3OS3/c1-12-3-5-15(9-13(12)2)18-7-8-19(29-18)21-24-16-6-4-14(10-17(16)25-21)11-20-22(27)26-23(28)30-20/h3-11,27H,1-2H3,(H,26,28). The minimum Gasteiger partial charge on any atom is -0.494 e. The molecule has 4 nitrogen and oxygen atoms in total. The minimum atomic E-state index is 0.0943. The second kappa shape index (κ2) is 7.43. The van der Waals surface area contributed by atoms with Crippen molar-refractivity contribution in [2.24, 2.45) is 9.98 Å². The molecule has 5 rings (SSSR count). The maximum atomic E-state index is 9.92. The first-order chi connectivity index (χ1) is 14.5. The van der Waals surface area contributed by atoms with Gasteiger partial charge in [-0.2, -0.15) is 0 Å². The fourth-order valence-corrected chi connectivity index (χ4v) is 5.26. The molecule has 0 amide bonds. The number of nitrogens with zero attached hydrogens (tertiary/aromatic N) is 2. The van der Waals surface area contributed by atoms with Crippen LogP contribution in [0.25, 0.3) is 16.5 Å². The monoisotopic (exact) mass is 447 g/mol. The topological polar surface area (TPSA) is 60.7 Å². The van der Waals surface area contributed by atoms with Crippen LogP contribution in [-0.4, -0.2) is 15.9 Å². The van der Waals surface area contributed by atoms with Gasteiger partial charge in [-0.3, -0.25) is 0 Å². The van der Waals surface area contributed by atoms with E-state index in [9.17, 15) is 5.11 Å². The number of thiazole rings is 1. The van der Waals surface area contributed by atoms with Crippen molar-refractivity contribution < 1.29 is 5.11 Å². The molecule has 2 N–H and O–H groups in total. The van der Waals surface area contributed by atoms with Gasteiger partial charge in [0.2, 0.25) is 5.88 Å². The van der Waals surface area contributed by atoms with Crippen molar-refractivity contribution in [1.82, 2.24) is 4.98 Å². The first kappa shape index (κ1) is 19.1. The van der Waals surface area contributed by atoms with Crippen LogP contribution in [-0.2, 0) is 0 Å². The number of amidine groups is 1. The van der Waals surface area contributed by atoms with Crippen LogP contribution in [0.4, 0.5) is 5.69 Å². The number of nitrogens with one attached hydrogen (secondary N) is 1. The van der Waals surface area contributed by atoms with E-state index in [2.05, 4.69) is 49.2 Å². The number of benzene rings is 2. The number of H-pyrrole nitrogens is 1. The fourth-order valence-electron chi connectivity index (χ4n) is 3.27. The van der Waals surface area contributed by atoms with E-state index in [1.54, 1.807) is 11.3 Å². The van der Waals surface area contributed by atoms with Gasteiger partial charge >= 0.3 is 0 Å². The van der Waals surface area contributed by atoms with Crippen LogP contribution < -0.4 is 10.6 Å². The Kier molecular flexibility index (Phi) is 4.73. The smallest absolute Gasteiger partial charge is 0.207 e. The highest BCUT2D eigenvalue weighted by Gasteiger charge is 2.14. The maximum absolute atomic E-state index is 9.92. The number of aliphatic imine (C=N–C) groups is 1. The zero-order valence-electron chi connectivity index (χ0n) is 16.3. The summed E-state index contributed by atoms with van der Waals surface area (Å²) in [7, 11) is 0. The Morgan fingerprint density at radius 1 is 0.933 bits per heavy atom. The van der Waals surface area contributed by atoms with Gasteiger partial charge in [0.25, 0.3) is 0 Å². The van der Waals surface area contributed by atoms with Gasteiger partial charge in [-0.1, -0.05) is 24.3 Å². The maximum Gasteiger partial charge on any atom is 0.207 e. The van der Waals surface area contributed by atoms with E-state index in [4.69, 9.17) is 22.2 Å². The summed E-state index contributed by atoms with van der Waals surface area (Å²) in [4.78, 5) is 15.2. The van der Waals surface area contributed by atoms with Crippen molar-refractivity contribution in [2.75, 3.05) is 0 Å². The summed E-state index contributed by atoms with van der Waals surface area (Å²) in [6.07, 6.45) is 1.89. The summed E-state index contributed by atoms with van der Waals surface area (Å²) in [5.41, 5.74) is 4.64. The van der Waals surface area contributed by atoms with Crippen LogP contribution >= 0.6 is 34.9 Å². The summed E-state index contributed by atoms with van der Waals surface area (Å²) in [5.74, 6) is 0.833. The van der Waals surface area contributed by atoms with Crippen LogP contribution in [0.1, 0.15) is 20.9 Å². The van der Waals surface area contributed by atoms with Crippen molar-refractivity contribution in [1.29, 1.82) is 0 Å². The third kappa shape index (κ3) is 3.56. The first-order valence-electron chi connectivity index (χ1n) is 9.35. The van der Waals surface area contributed by atoms with Gasteiger partial charge in [-0.05, 0) is 78.3 Å². The number of hydrogen-bond donors (Lipinski definition) is 2. The molecule has 0 unspecified atom stereocenters. The molecule has 0 aliphatic carbocycles. The molecule has 0 saturated carbocycles. The zero-order chi connectivity index (χ0) is 20.8. The summed E-state index contributed by atoms with van der Waals surface area (Å²) in [6, 6.07) is 16.7. The van der Waals surface area contributed by atoms with E-state index in [1.807, 2.05) is 24.3 Å². The van der Waals surface area contributed by atoms with Gasteiger partial charge in [0, 0.05) is 4.88 Å². The van der Waals surface area contributed by atoms with Crippen molar-refractivity contribution in [2.45, 2.75) is 13.8 Å². The van der Waals surface area contributed by atoms with E-state index in [0.29, 0.717) is 8.83 Å². The number of rotatable bonds is 3. The molecule has 0 radical (unpaired) electrons. The van der Waals surface area contributed by atoms with Crippen molar-refractivity contribution >= 4 is 52.5 Å². The molecule has 0 bridgehead atoms. The molecule has 1 aliphatic rings. The van der Waals surface area contributed by atoms with Gasteiger partial charge in [0.1, 0.15) is 0 Å². The van der Waals surface area contributed by atoms with Gasteiger partial charge in [-0.25, -0.2) is 9.98 Å². The molecular weight excluding hydrogens is 430 g/mol. The second-order valence-corrected chi connectivity index (χ2v) is 9.93. The molecule has 2 aromatic carbocycles. The highest BCUT2D eigenvalue weighted by molar-refractivity contribution is 7.73. The third-order valence-electron chi connectivity index (χ3n) is 5.02. The number of aromatic hydroxyl groups is 1. The highest BCUT2D eigenvalue weighted by atomic mass is 32.1. The molecule has 0 spiro atoms. The van der Waals surface area contributed by atoms with E-state index in [-0.39, 0.29) is 5.88 Å². The van der Waals surface area contributed by atoms with Crippen molar-refractivity contribution in [3.8, 4) is 16.3 Å². The number of fused-ring (bicyclic) bond motifs is 1. The number of aryl methyl sites for hydroxylation is 2. The Labute approximate surface area is 186 Å². The Hall–Kier alpha value is -2.87. The SMILES string of the molecule is Cc1ccc(-c2ccc(C3=Nc4cc(=Cc5sc(=S)[nH]c5O)ccc4=N3)s2)cc1C. The summed E-state index contributed by atoms with van der Waals surface area (Å²) >= 11 is 8.12. The lowest BCUT2D eigenvalue weighted by Gasteiger charge is -2.02. The van der Waals surface area contributed by atoms with Crippen molar-refractivity contribution in [3.05, 3.63) is 83.9 Å². The normalized spacial score (nSPS) is 13.3. The summed E-state index contributed by atoms with van der Waals surface area (Å²) < 4.78 is 0.549. The summed E-state index contributed by atoms with van der Waals surface area (Å²) in [5, 5.41) is 11.7. The largest absolute Gasteiger partial charge is 0.494 e. The molecule has 148 valence electrons. The van der Waals surface area contributed by atoms with E-state index in [1.165, 1.54) is 32.9 Å². The molecule has 1 aliphatic heterocycles. The Bertz CT molecular complexity index is 1510. The average molecular weight is 448 g/mol. The fraction of sp³-hybridized carbons (Fsp3) is 0.0870. The molecular formula is C23H17N3OS3. The minimum absolute atomic E-state index is 0.0943. The van der Waals surface area contributed by atoms with Crippen LogP contribution in [0.5, 0.6) is 5.88 Å². The van der Waals surface area contributed by atoms with E-state index in [0.717, 1.165) is 27.0 Å². The van der Waals surface area contributed by atoms with Crippen LogP contribution in [0.3, 0.4) is 0 Å². The zero-order valence-corrected chi connectivity index (χ0v) is 18.7. The van der Waals surface area contributed by atoms with Gasteiger partial charge in [-0.15, -0.1) is 22.7 Å². The third-order valence-corrected chi connectivity index (χ3v) is 7.33. The molecule has 0 atom stereocenters. The number of hydrogen-bond acceptors (Lipinski definition) is 6. The lowest BCUT2D eigenvalue weighted by atomic mass is 10.1. The Balaban J connectivity index is 1.48. The molecule has 3 heterocycles. The van der Waals surface area contributed by atoms with Crippen LogP contribution in [0.2, 0.25) is 0 Å². The van der Waals surface area contributed by atoms with Gasteiger partial charge in [0.15, 0.2) is 9.79 Å². The quantitative estimate of drug-likeness (QED) is 0.413. The van der Waals surface area contributed by atoms with E-state index < -0.39 is 0 Å². The average Bonchev–Trinajstić information content (AvgIpc) is 3.42. The highest BCUT2D eigenvalue weighted by Crippen LogP contribution is 2.31. The predicted molar refractivity (Wildman–Crippen MR) is 127 cm³/mol. The Morgan fingerprint density at radius 3 is 2.53 bits per heavy atom. The second-order valence-electron chi connectivity index (χ2n) is 7.13. The molecule has 0 fully saturated rings. The molecule has 4 aromatic rings. The lowest BCUT2D eigenvalue weighted by molar-refractivity contribution is 0.456. The van der Waals surface area contributed by atoms with Crippen LogP contribution in [0.15, 0.2) is 58.5 Å². The number of aromatic amines is 1. The lowest BCUT2D eigenvalue weighted by Crippen LogP contribution is -2.07. The molecule has 2 aromatic heterocycles. The predicted octanol–water partition coefficient (Wildman–Crippen LogP) is 5.40. The van der Waals surface area contributed by atoms with E-state index >= 15 is 0 Å². The molecule has 30 heavy (non-hydrogen) atoms. The summed E-state index contributed by atoms with van der Waals surface area (Å²) in [6.45, 7) is 4.26. The first-order valence-corrected chi connectivity index (χ1v) is 11.4. The molecule has 7 heteroatoms. The van der Waals surface area contributed by atoms with Crippen molar-refractivity contribution in [3.63, 3.8) is 0 Å². The van der Waals surface area contributed by atoms with Gasteiger partial charge < -0.3 is 10.1 Å². The Morgan fingerprint density at radius 2 is 1.77 bits per heavy atom. The van der Waals surface area contributed by atoms with Crippen LogP contribution in [0, 0.1) is 17.8 Å².